The van der Waals surface area contributed by atoms with Gasteiger partial charge in [-0.15, -0.1) is 11.3 Å². The summed E-state index contributed by atoms with van der Waals surface area (Å²) in [5.74, 6) is 0.289. The summed E-state index contributed by atoms with van der Waals surface area (Å²) in [6.07, 6.45) is 0. The van der Waals surface area contributed by atoms with Crippen LogP contribution in [-0.4, -0.2) is 60.2 Å². The van der Waals surface area contributed by atoms with E-state index >= 15 is 0 Å². The minimum absolute atomic E-state index is 0.0744. The molecule has 2 aromatic carbocycles. The quantitative estimate of drug-likeness (QED) is 0.592. The Kier molecular flexibility index (Phi) is 6.21. The van der Waals surface area contributed by atoms with Crippen molar-refractivity contribution in [2.75, 3.05) is 44.8 Å². The summed E-state index contributed by atoms with van der Waals surface area (Å²) in [5, 5.41) is 4.72. The molecule has 33 heavy (non-hydrogen) atoms. The summed E-state index contributed by atoms with van der Waals surface area (Å²) in [5.41, 5.74) is 1.54. The van der Waals surface area contributed by atoms with Gasteiger partial charge in [0.2, 0.25) is 12.7 Å². The first kappa shape index (κ1) is 21.7. The molecule has 1 aromatic heterocycles. The van der Waals surface area contributed by atoms with Gasteiger partial charge in [-0.1, -0.05) is 6.07 Å². The van der Waals surface area contributed by atoms with Gasteiger partial charge in [0.25, 0.3) is 0 Å². The van der Waals surface area contributed by atoms with Crippen LogP contribution in [0.3, 0.4) is 0 Å². The third-order valence-electron chi connectivity index (χ3n) is 5.63. The first-order valence-electron chi connectivity index (χ1n) is 10.6. The summed E-state index contributed by atoms with van der Waals surface area (Å²) in [7, 11) is 0. The van der Waals surface area contributed by atoms with Crippen LogP contribution in [-0.2, 0) is 11.3 Å². The number of nitrogens with zero attached hydrogens (tertiary/aromatic N) is 3. The summed E-state index contributed by atoms with van der Waals surface area (Å²) in [6.45, 7) is 4.58. The SMILES string of the molecule is O=C(CN1CCN(Cc2ccc3c(c2)OCO3)CC1)Nc1nc(-c2cc(F)ccc2F)cs1. The number of aromatic nitrogens is 1. The maximum atomic E-state index is 14.0. The van der Waals surface area contributed by atoms with Gasteiger partial charge in [-0.2, -0.15) is 0 Å². The predicted octanol–water partition coefficient (Wildman–Crippen LogP) is 3.57. The maximum absolute atomic E-state index is 14.0. The molecule has 0 atom stereocenters. The van der Waals surface area contributed by atoms with Crippen molar-refractivity contribution >= 4 is 22.4 Å². The molecule has 3 aromatic rings. The van der Waals surface area contributed by atoms with E-state index in [1.165, 1.54) is 16.9 Å². The first-order chi connectivity index (χ1) is 16.0. The van der Waals surface area contributed by atoms with E-state index in [0.717, 1.165) is 62.4 Å². The van der Waals surface area contributed by atoms with Crippen molar-refractivity contribution < 1.29 is 23.0 Å². The molecule has 0 aliphatic carbocycles. The van der Waals surface area contributed by atoms with Crippen LogP contribution < -0.4 is 14.8 Å². The van der Waals surface area contributed by atoms with E-state index in [2.05, 4.69) is 20.1 Å². The number of piperazine rings is 1. The highest BCUT2D eigenvalue weighted by atomic mass is 32.1. The summed E-state index contributed by atoms with van der Waals surface area (Å²) in [4.78, 5) is 21.1. The van der Waals surface area contributed by atoms with Crippen molar-refractivity contribution in [2.45, 2.75) is 6.54 Å². The van der Waals surface area contributed by atoms with Gasteiger partial charge in [-0.25, -0.2) is 13.8 Å². The second-order valence-corrected chi connectivity index (χ2v) is 8.81. The fraction of sp³-hybridized carbons (Fsp3) is 0.304. The number of anilines is 1. The van der Waals surface area contributed by atoms with E-state index in [4.69, 9.17) is 9.47 Å². The van der Waals surface area contributed by atoms with Crippen LogP contribution >= 0.6 is 11.3 Å². The normalized spacial score (nSPS) is 16.2. The van der Waals surface area contributed by atoms with Gasteiger partial charge < -0.3 is 14.8 Å². The van der Waals surface area contributed by atoms with E-state index < -0.39 is 11.6 Å². The summed E-state index contributed by atoms with van der Waals surface area (Å²) >= 11 is 1.18. The van der Waals surface area contributed by atoms with Crippen LogP contribution in [0.15, 0.2) is 41.8 Å². The number of amides is 1. The topological polar surface area (TPSA) is 66.9 Å². The lowest BCUT2D eigenvalue weighted by atomic mass is 10.1. The third kappa shape index (κ3) is 5.13. The smallest absolute Gasteiger partial charge is 0.240 e. The van der Waals surface area contributed by atoms with Crippen molar-refractivity contribution in [3.8, 4) is 22.8 Å². The highest BCUT2D eigenvalue weighted by Crippen LogP contribution is 2.33. The molecule has 1 fully saturated rings. The zero-order valence-electron chi connectivity index (χ0n) is 17.7. The lowest BCUT2D eigenvalue weighted by molar-refractivity contribution is -0.117. The molecule has 10 heteroatoms. The average Bonchev–Trinajstić information content (AvgIpc) is 3.46. The molecular weight excluding hydrogens is 450 g/mol. The standard InChI is InChI=1S/C23H22F2N4O3S/c24-16-2-3-18(25)17(10-16)19-13-33-23(26-19)27-22(30)12-29-7-5-28(6-8-29)11-15-1-4-20-21(9-15)32-14-31-20/h1-4,9-10,13H,5-8,11-12,14H2,(H,26,27,30). The molecule has 2 aliphatic heterocycles. The third-order valence-corrected chi connectivity index (χ3v) is 6.39. The monoisotopic (exact) mass is 472 g/mol. The van der Waals surface area contributed by atoms with Crippen molar-refractivity contribution in [3.05, 3.63) is 59.0 Å². The second-order valence-electron chi connectivity index (χ2n) is 7.95. The zero-order valence-corrected chi connectivity index (χ0v) is 18.5. The second kappa shape index (κ2) is 9.42. The van der Waals surface area contributed by atoms with E-state index in [1.807, 2.05) is 18.2 Å². The van der Waals surface area contributed by atoms with Crippen LogP contribution in [0.25, 0.3) is 11.3 Å². The number of hydrogen-bond acceptors (Lipinski definition) is 7. The molecule has 0 saturated carbocycles. The Morgan fingerprint density at radius 2 is 1.82 bits per heavy atom. The Bertz CT molecular complexity index is 1160. The maximum Gasteiger partial charge on any atom is 0.240 e. The van der Waals surface area contributed by atoms with Gasteiger partial charge in [-0.05, 0) is 35.9 Å². The Balaban J connectivity index is 1.10. The van der Waals surface area contributed by atoms with Crippen molar-refractivity contribution in [1.82, 2.24) is 14.8 Å². The molecule has 1 amide bonds. The molecular formula is C23H22F2N4O3S. The van der Waals surface area contributed by atoms with E-state index in [0.29, 0.717) is 10.8 Å². The minimum Gasteiger partial charge on any atom is -0.454 e. The van der Waals surface area contributed by atoms with E-state index in [9.17, 15) is 13.6 Å². The van der Waals surface area contributed by atoms with Gasteiger partial charge in [0.1, 0.15) is 11.6 Å². The lowest BCUT2D eigenvalue weighted by Crippen LogP contribution is -2.48. The van der Waals surface area contributed by atoms with Crippen LogP contribution in [0.5, 0.6) is 11.5 Å². The number of halogens is 2. The summed E-state index contributed by atoms with van der Waals surface area (Å²) < 4.78 is 38.2. The Morgan fingerprint density at radius 1 is 1.03 bits per heavy atom. The summed E-state index contributed by atoms with van der Waals surface area (Å²) in [6, 6.07) is 9.21. The van der Waals surface area contributed by atoms with Gasteiger partial charge in [0.05, 0.1) is 12.2 Å². The van der Waals surface area contributed by atoms with Gasteiger partial charge >= 0.3 is 0 Å². The number of carbonyl (C=O) groups is 1. The largest absolute Gasteiger partial charge is 0.454 e. The predicted molar refractivity (Wildman–Crippen MR) is 120 cm³/mol. The van der Waals surface area contributed by atoms with Gasteiger partial charge in [0, 0.05) is 43.7 Å². The molecule has 1 N–H and O–H groups in total. The number of rotatable bonds is 6. The number of fused-ring (bicyclic) bond motifs is 1. The van der Waals surface area contributed by atoms with Crippen molar-refractivity contribution in [2.24, 2.45) is 0 Å². The van der Waals surface area contributed by atoms with E-state index in [-0.39, 0.29) is 24.8 Å². The highest BCUT2D eigenvalue weighted by Gasteiger charge is 2.21. The van der Waals surface area contributed by atoms with Gasteiger partial charge in [-0.3, -0.25) is 14.6 Å². The van der Waals surface area contributed by atoms with Gasteiger partial charge in [0.15, 0.2) is 16.6 Å². The molecule has 0 bridgehead atoms. The average molecular weight is 473 g/mol. The molecule has 1 saturated heterocycles. The number of thiazole rings is 1. The molecule has 5 rings (SSSR count). The number of nitrogens with one attached hydrogen (secondary N) is 1. The fourth-order valence-corrected chi connectivity index (χ4v) is 4.64. The Labute approximate surface area is 193 Å². The fourth-order valence-electron chi connectivity index (χ4n) is 3.91. The highest BCUT2D eigenvalue weighted by molar-refractivity contribution is 7.14. The van der Waals surface area contributed by atoms with Crippen LogP contribution in [0.1, 0.15) is 5.56 Å². The molecule has 0 unspecified atom stereocenters. The van der Waals surface area contributed by atoms with Crippen molar-refractivity contribution in [1.29, 1.82) is 0 Å². The lowest BCUT2D eigenvalue weighted by Gasteiger charge is -2.34. The molecule has 0 radical (unpaired) electrons. The number of carbonyl (C=O) groups excluding carboxylic acids is 1. The van der Waals surface area contributed by atoms with Crippen LogP contribution in [0.2, 0.25) is 0 Å². The number of ether oxygens (including phenoxy) is 2. The Morgan fingerprint density at radius 3 is 2.67 bits per heavy atom. The first-order valence-corrected chi connectivity index (χ1v) is 11.5. The zero-order chi connectivity index (χ0) is 22.8. The number of hydrogen-bond donors (Lipinski definition) is 1. The minimum atomic E-state index is -0.557. The molecule has 172 valence electrons. The van der Waals surface area contributed by atoms with E-state index in [1.54, 1.807) is 5.38 Å². The molecule has 0 spiro atoms. The molecule has 2 aliphatic rings. The number of benzene rings is 2. The Hall–Kier alpha value is -3.08. The molecule has 7 nitrogen and oxygen atoms in total. The van der Waals surface area contributed by atoms with Crippen LogP contribution in [0.4, 0.5) is 13.9 Å². The van der Waals surface area contributed by atoms with Crippen LogP contribution in [0, 0.1) is 11.6 Å². The molecule has 3 heterocycles. The van der Waals surface area contributed by atoms with Crippen molar-refractivity contribution in [3.63, 3.8) is 0 Å².